The SMILES string of the molecule is Cc1oc(CN2CCCC(C)C2)cc1C(=O)NN. The molecule has 0 aliphatic carbocycles. The van der Waals surface area contributed by atoms with Gasteiger partial charge in [0.15, 0.2) is 0 Å². The fourth-order valence-corrected chi connectivity index (χ4v) is 2.58. The summed E-state index contributed by atoms with van der Waals surface area (Å²) in [5.74, 6) is 7.03. The van der Waals surface area contributed by atoms with Crippen molar-refractivity contribution in [2.24, 2.45) is 11.8 Å². The topological polar surface area (TPSA) is 71.5 Å². The number of nitrogen functional groups attached to an aromatic ring is 1. The predicted molar refractivity (Wildman–Crippen MR) is 68.8 cm³/mol. The number of amides is 1. The number of nitrogens with zero attached hydrogens (tertiary/aromatic N) is 1. The molecule has 1 saturated heterocycles. The molecule has 0 spiro atoms. The normalized spacial score (nSPS) is 20.9. The van der Waals surface area contributed by atoms with Crippen molar-refractivity contribution < 1.29 is 9.21 Å². The second kappa shape index (κ2) is 5.54. The molecular weight excluding hydrogens is 230 g/mol. The van der Waals surface area contributed by atoms with Crippen molar-refractivity contribution in [3.63, 3.8) is 0 Å². The molecule has 3 N–H and O–H groups in total. The minimum Gasteiger partial charge on any atom is -0.464 e. The van der Waals surface area contributed by atoms with Crippen molar-refractivity contribution in [2.45, 2.75) is 33.2 Å². The number of rotatable bonds is 3. The van der Waals surface area contributed by atoms with Crippen LogP contribution in [0.4, 0.5) is 0 Å². The van der Waals surface area contributed by atoms with Crippen LogP contribution in [0.5, 0.6) is 0 Å². The molecule has 1 aromatic heterocycles. The molecular formula is C13H21N3O2. The zero-order valence-electron chi connectivity index (χ0n) is 11.0. The summed E-state index contributed by atoms with van der Waals surface area (Å²) in [6.07, 6.45) is 2.53. The third-order valence-electron chi connectivity index (χ3n) is 3.47. The van der Waals surface area contributed by atoms with Gasteiger partial charge in [-0.15, -0.1) is 0 Å². The molecule has 1 aliphatic heterocycles. The first-order valence-electron chi connectivity index (χ1n) is 6.42. The Kier molecular flexibility index (Phi) is 4.04. The molecule has 100 valence electrons. The van der Waals surface area contributed by atoms with E-state index in [1.807, 2.05) is 0 Å². The van der Waals surface area contributed by atoms with E-state index >= 15 is 0 Å². The number of carbonyl (C=O) groups is 1. The van der Waals surface area contributed by atoms with Crippen LogP contribution in [-0.2, 0) is 6.54 Å². The van der Waals surface area contributed by atoms with Gasteiger partial charge in [-0.05, 0) is 38.3 Å². The van der Waals surface area contributed by atoms with Crippen LogP contribution < -0.4 is 11.3 Å². The predicted octanol–water partition coefficient (Wildman–Crippen LogP) is 1.42. The molecule has 1 aromatic rings. The van der Waals surface area contributed by atoms with Gasteiger partial charge in [-0.2, -0.15) is 0 Å². The largest absolute Gasteiger partial charge is 0.464 e. The Bertz CT molecular complexity index is 428. The Morgan fingerprint density at radius 3 is 3.11 bits per heavy atom. The molecule has 5 nitrogen and oxygen atoms in total. The molecule has 1 amide bonds. The number of furan rings is 1. The van der Waals surface area contributed by atoms with Crippen molar-refractivity contribution in [1.82, 2.24) is 10.3 Å². The smallest absolute Gasteiger partial charge is 0.268 e. The summed E-state index contributed by atoms with van der Waals surface area (Å²) in [4.78, 5) is 13.9. The Hall–Kier alpha value is -1.33. The van der Waals surface area contributed by atoms with Gasteiger partial charge >= 0.3 is 0 Å². The van der Waals surface area contributed by atoms with Gasteiger partial charge in [-0.1, -0.05) is 6.92 Å². The monoisotopic (exact) mass is 251 g/mol. The molecule has 0 radical (unpaired) electrons. The Labute approximate surface area is 107 Å². The molecule has 1 atom stereocenters. The minimum atomic E-state index is -0.297. The maximum Gasteiger partial charge on any atom is 0.268 e. The number of carbonyl (C=O) groups excluding carboxylic acids is 1. The van der Waals surface area contributed by atoms with Gasteiger partial charge in [0.1, 0.15) is 11.5 Å². The van der Waals surface area contributed by atoms with Gasteiger partial charge in [0.2, 0.25) is 0 Å². The Morgan fingerprint density at radius 1 is 1.67 bits per heavy atom. The van der Waals surface area contributed by atoms with Crippen molar-refractivity contribution in [3.05, 3.63) is 23.2 Å². The molecule has 5 heteroatoms. The Morgan fingerprint density at radius 2 is 2.44 bits per heavy atom. The molecule has 1 fully saturated rings. The summed E-state index contributed by atoms with van der Waals surface area (Å²) in [6.45, 7) is 7.02. The van der Waals surface area contributed by atoms with Crippen molar-refractivity contribution in [1.29, 1.82) is 0 Å². The first kappa shape index (κ1) is 13.1. The van der Waals surface area contributed by atoms with Crippen molar-refractivity contribution in [3.8, 4) is 0 Å². The number of aryl methyl sites for hydroxylation is 1. The standard InChI is InChI=1S/C13H21N3O2/c1-9-4-3-5-16(7-9)8-11-6-12(10(2)18-11)13(17)15-14/h6,9H,3-5,7-8,14H2,1-2H3,(H,15,17). The van der Waals surface area contributed by atoms with E-state index in [2.05, 4.69) is 17.2 Å². The molecule has 2 heterocycles. The lowest BCUT2D eigenvalue weighted by molar-refractivity contribution is 0.0952. The van der Waals surface area contributed by atoms with Gasteiger partial charge in [-0.25, -0.2) is 5.84 Å². The van der Waals surface area contributed by atoms with E-state index in [9.17, 15) is 4.79 Å². The van der Waals surface area contributed by atoms with Crippen LogP contribution in [0.25, 0.3) is 0 Å². The summed E-state index contributed by atoms with van der Waals surface area (Å²) >= 11 is 0. The van der Waals surface area contributed by atoms with E-state index in [-0.39, 0.29) is 5.91 Å². The van der Waals surface area contributed by atoms with E-state index in [4.69, 9.17) is 10.3 Å². The van der Waals surface area contributed by atoms with Crippen LogP contribution in [0.2, 0.25) is 0 Å². The molecule has 18 heavy (non-hydrogen) atoms. The highest BCUT2D eigenvalue weighted by Crippen LogP contribution is 2.20. The second-order valence-electron chi connectivity index (χ2n) is 5.14. The fourth-order valence-electron chi connectivity index (χ4n) is 2.58. The number of nitrogens with two attached hydrogens (primary N) is 1. The van der Waals surface area contributed by atoms with Crippen LogP contribution in [0.15, 0.2) is 10.5 Å². The maximum atomic E-state index is 11.5. The van der Waals surface area contributed by atoms with Gasteiger partial charge in [-0.3, -0.25) is 15.1 Å². The number of hydrogen-bond donors (Lipinski definition) is 2. The third-order valence-corrected chi connectivity index (χ3v) is 3.47. The summed E-state index contributed by atoms with van der Waals surface area (Å²) < 4.78 is 5.62. The average molecular weight is 251 g/mol. The van der Waals surface area contributed by atoms with Crippen LogP contribution in [-0.4, -0.2) is 23.9 Å². The molecule has 0 aromatic carbocycles. The third kappa shape index (κ3) is 2.91. The highest BCUT2D eigenvalue weighted by Gasteiger charge is 2.19. The first-order chi connectivity index (χ1) is 8.60. The molecule has 1 unspecified atom stereocenters. The number of likely N-dealkylation sites (tertiary alicyclic amines) is 1. The van der Waals surface area contributed by atoms with Gasteiger partial charge in [0, 0.05) is 6.54 Å². The number of piperidine rings is 1. The summed E-state index contributed by atoms with van der Waals surface area (Å²) in [6, 6.07) is 1.79. The first-order valence-corrected chi connectivity index (χ1v) is 6.42. The molecule has 0 saturated carbocycles. The van der Waals surface area contributed by atoms with Gasteiger partial charge < -0.3 is 4.42 Å². The lowest BCUT2D eigenvalue weighted by Gasteiger charge is -2.29. The second-order valence-corrected chi connectivity index (χ2v) is 5.14. The van der Waals surface area contributed by atoms with Crippen LogP contribution >= 0.6 is 0 Å². The number of hydrogen-bond acceptors (Lipinski definition) is 4. The maximum absolute atomic E-state index is 11.5. The van der Waals surface area contributed by atoms with Crippen LogP contribution in [0.3, 0.4) is 0 Å². The van der Waals surface area contributed by atoms with E-state index in [1.165, 1.54) is 12.8 Å². The number of nitrogens with one attached hydrogen (secondary N) is 1. The van der Waals surface area contributed by atoms with Crippen molar-refractivity contribution in [2.75, 3.05) is 13.1 Å². The minimum absolute atomic E-state index is 0.297. The lowest BCUT2D eigenvalue weighted by atomic mass is 10.0. The number of hydrazine groups is 1. The van der Waals surface area contributed by atoms with Crippen LogP contribution in [0.1, 0.15) is 41.6 Å². The zero-order valence-corrected chi connectivity index (χ0v) is 11.0. The van der Waals surface area contributed by atoms with Crippen molar-refractivity contribution >= 4 is 5.91 Å². The fraction of sp³-hybridized carbons (Fsp3) is 0.615. The van der Waals surface area contributed by atoms with Crippen LogP contribution in [0, 0.1) is 12.8 Å². The van der Waals surface area contributed by atoms with Gasteiger partial charge in [0.05, 0.1) is 12.1 Å². The molecule has 1 aliphatic rings. The quantitative estimate of drug-likeness (QED) is 0.484. The summed E-state index contributed by atoms with van der Waals surface area (Å²) in [5.41, 5.74) is 2.66. The van der Waals surface area contributed by atoms with E-state index in [1.54, 1.807) is 13.0 Å². The Balaban J connectivity index is 2.03. The lowest BCUT2D eigenvalue weighted by Crippen LogP contribution is -2.33. The highest BCUT2D eigenvalue weighted by molar-refractivity contribution is 5.94. The highest BCUT2D eigenvalue weighted by atomic mass is 16.3. The average Bonchev–Trinajstić information content (AvgIpc) is 2.69. The zero-order chi connectivity index (χ0) is 13.1. The van der Waals surface area contributed by atoms with E-state index in [0.717, 1.165) is 31.3 Å². The molecule has 0 bridgehead atoms. The van der Waals surface area contributed by atoms with E-state index in [0.29, 0.717) is 11.3 Å². The summed E-state index contributed by atoms with van der Waals surface area (Å²) in [7, 11) is 0. The van der Waals surface area contributed by atoms with Gasteiger partial charge in [0.25, 0.3) is 5.91 Å². The summed E-state index contributed by atoms with van der Waals surface area (Å²) in [5, 5.41) is 0. The molecule has 2 rings (SSSR count). The van der Waals surface area contributed by atoms with E-state index < -0.39 is 0 Å².